The van der Waals surface area contributed by atoms with Gasteiger partial charge in [-0.1, -0.05) is 30.3 Å². The molecule has 1 heterocycles. The first-order valence-corrected chi connectivity index (χ1v) is 6.78. The molecule has 0 fully saturated rings. The van der Waals surface area contributed by atoms with Crippen molar-refractivity contribution in [3.63, 3.8) is 0 Å². The van der Waals surface area contributed by atoms with Gasteiger partial charge < -0.3 is 10.5 Å². The van der Waals surface area contributed by atoms with Gasteiger partial charge >= 0.3 is 0 Å². The predicted molar refractivity (Wildman–Crippen MR) is 81.0 cm³/mol. The van der Waals surface area contributed by atoms with E-state index in [1.54, 1.807) is 12.3 Å². The van der Waals surface area contributed by atoms with E-state index in [-0.39, 0.29) is 5.75 Å². The monoisotopic (exact) mass is 282 g/mol. The number of pyridine rings is 1. The van der Waals surface area contributed by atoms with Crippen LogP contribution in [0.25, 0.3) is 10.9 Å². The lowest BCUT2D eigenvalue weighted by atomic mass is 10.1. The molecule has 0 bridgehead atoms. The number of nitrogens with zero attached hydrogens (tertiary/aromatic N) is 1. The number of ether oxygens (including phenoxy) is 1. The molecule has 4 heteroatoms. The number of para-hydroxylation sites is 2. The average molecular weight is 282 g/mol. The van der Waals surface area contributed by atoms with E-state index < -0.39 is 5.82 Å². The Balaban J connectivity index is 1.98. The molecule has 0 radical (unpaired) electrons. The maximum Gasteiger partial charge on any atom is 0.166 e. The van der Waals surface area contributed by atoms with Crippen molar-refractivity contribution in [2.24, 2.45) is 5.73 Å². The number of benzene rings is 2. The molecule has 0 atom stereocenters. The third-order valence-corrected chi connectivity index (χ3v) is 3.25. The molecule has 3 aromatic rings. The molecular weight excluding hydrogens is 267 g/mol. The number of hydrogen-bond acceptors (Lipinski definition) is 3. The quantitative estimate of drug-likeness (QED) is 0.794. The van der Waals surface area contributed by atoms with Crippen LogP contribution in [-0.2, 0) is 6.42 Å². The molecule has 3 rings (SSSR count). The summed E-state index contributed by atoms with van der Waals surface area (Å²) in [6.45, 7) is 0.440. The third-order valence-electron chi connectivity index (χ3n) is 3.25. The van der Waals surface area contributed by atoms with E-state index in [2.05, 4.69) is 4.98 Å². The highest BCUT2D eigenvalue weighted by molar-refractivity contribution is 5.79. The third kappa shape index (κ3) is 2.85. The van der Waals surface area contributed by atoms with Gasteiger partial charge in [-0.2, -0.15) is 0 Å². The fraction of sp³-hybridized carbons (Fsp3) is 0.118. The van der Waals surface area contributed by atoms with Crippen LogP contribution in [0.5, 0.6) is 11.5 Å². The van der Waals surface area contributed by atoms with Crippen molar-refractivity contribution in [3.8, 4) is 11.5 Å². The highest BCUT2D eigenvalue weighted by Gasteiger charge is 2.11. The van der Waals surface area contributed by atoms with E-state index in [4.69, 9.17) is 10.5 Å². The molecule has 106 valence electrons. The minimum absolute atomic E-state index is 0.222. The summed E-state index contributed by atoms with van der Waals surface area (Å²) in [5.74, 6) is 0.339. The van der Waals surface area contributed by atoms with Crippen molar-refractivity contribution >= 4 is 10.9 Å². The lowest BCUT2D eigenvalue weighted by Crippen LogP contribution is -2.05. The zero-order valence-corrected chi connectivity index (χ0v) is 11.4. The Morgan fingerprint density at radius 3 is 2.81 bits per heavy atom. The number of fused-ring (bicyclic) bond motifs is 1. The van der Waals surface area contributed by atoms with E-state index in [0.717, 1.165) is 16.5 Å². The summed E-state index contributed by atoms with van der Waals surface area (Å²) in [4.78, 5) is 4.31. The second kappa shape index (κ2) is 5.89. The predicted octanol–water partition coefficient (Wildman–Crippen LogP) is 3.67. The summed E-state index contributed by atoms with van der Waals surface area (Å²) in [5.41, 5.74) is 7.19. The van der Waals surface area contributed by atoms with Gasteiger partial charge in [0.15, 0.2) is 11.6 Å². The van der Waals surface area contributed by atoms with Crippen LogP contribution in [0.3, 0.4) is 0 Å². The van der Waals surface area contributed by atoms with Gasteiger partial charge in [0.1, 0.15) is 5.75 Å². The Morgan fingerprint density at radius 2 is 1.95 bits per heavy atom. The van der Waals surface area contributed by atoms with E-state index in [1.165, 1.54) is 6.07 Å². The molecule has 3 nitrogen and oxygen atoms in total. The summed E-state index contributed by atoms with van der Waals surface area (Å²) in [7, 11) is 0. The number of halogens is 1. The maximum atomic E-state index is 14.0. The molecule has 2 N–H and O–H groups in total. The highest BCUT2D eigenvalue weighted by atomic mass is 19.1. The fourth-order valence-electron chi connectivity index (χ4n) is 2.24. The summed E-state index contributed by atoms with van der Waals surface area (Å²) < 4.78 is 19.7. The number of aromatic nitrogens is 1. The van der Waals surface area contributed by atoms with Crippen LogP contribution in [0.15, 0.2) is 54.7 Å². The normalized spacial score (nSPS) is 10.8. The zero-order valence-electron chi connectivity index (χ0n) is 11.4. The molecule has 0 spiro atoms. The van der Waals surface area contributed by atoms with Crippen LogP contribution in [0.1, 0.15) is 5.56 Å². The lowest BCUT2D eigenvalue weighted by Gasteiger charge is -2.11. The highest BCUT2D eigenvalue weighted by Crippen LogP contribution is 2.29. The number of rotatable bonds is 4. The SMILES string of the molecule is NCCc1cccc(F)c1Oc1cnc2ccccc2c1. The van der Waals surface area contributed by atoms with Crippen LogP contribution in [-0.4, -0.2) is 11.5 Å². The van der Waals surface area contributed by atoms with Gasteiger partial charge in [-0.05, 0) is 36.7 Å². The average Bonchev–Trinajstić information content (AvgIpc) is 2.51. The first-order chi connectivity index (χ1) is 10.3. The number of hydrogen-bond donors (Lipinski definition) is 1. The molecule has 1 aromatic heterocycles. The Bertz CT molecular complexity index is 774. The molecule has 0 saturated carbocycles. The molecule has 2 aromatic carbocycles. The summed E-state index contributed by atoms with van der Waals surface area (Å²) >= 11 is 0. The summed E-state index contributed by atoms with van der Waals surface area (Å²) in [5, 5.41) is 0.951. The first kappa shape index (κ1) is 13.5. The standard InChI is InChI=1S/C17H15FN2O/c18-15-6-3-5-12(8-9-19)17(15)21-14-10-13-4-1-2-7-16(13)20-11-14/h1-7,10-11H,8-9,19H2. The van der Waals surface area contributed by atoms with Crippen molar-refractivity contribution in [2.75, 3.05) is 6.54 Å². The Kier molecular flexibility index (Phi) is 3.79. The first-order valence-electron chi connectivity index (χ1n) is 6.78. The molecular formula is C17H15FN2O. The topological polar surface area (TPSA) is 48.1 Å². The summed E-state index contributed by atoms with van der Waals surface area (Å²) in [6.07, 6.45) is 2.16. The Morgan fingerprint density at radius 1 is 1.10 bits per heavy atom. The zero-order chi connectivity index (χ0) is 14.7. The van der Waals surface area contributed by atoms with Crippen molar-refractivity contribution in [3.05, 3.63) is 66.1 Å². The van der Waals surface area contributed by atoms with Crippen LogP contribution < -0.4 is 10.5 Å². The molecule has 0 aliphatic rings. The van der Waals surface area contributed by atoms with E-state index in [0.29, 0.717) is 18.7 Å². The van der Waals surface area contributed by atoms with Gasteiger partial charge in [0.05, 0.1) is 11.7 Å². The van der Waals surface area contributed by atoms with E-state index >= 15 is 0 Å². The maximum absolute atomic E-state index is 14.0. The summed E-state index contributed by atoms with van der Waals surface area (Å²) in [6, 6.07) is 14.4. The minimum Gasteiger partial charge on any atom is -0.452 e. The lowest BCUT2D eigenvalue weighted by molar-refractivity contribution is 0.435. The Hall–Kier alpha value is -2.46. The Labute approximate surface area is 122 Å². The molecule has 0 aliphatic heterocycles. The van der Waals surface area contributed by atoms with E-state index in [1.807, 2.05) is 36.4 Å². The molecule has 0 amide bonds. The fourth-order valence-corrected chi connectivity index (χ4v) is 2.24. The largest absolute Gasteiger partial charge is 0.452 e. The number of nitrogens with two attached hydrogens (primary N) is 1. The van der Waals surface area contributed by atoms with Gasteiger partial charge in [-0.15, -0.1) is 0 Å². The van der Waals surface area contributed by atoms with Gasteiger partial charge in [0.2, 0.25) is 0 Å². The van der Waals surface area contributed by atoms with E-state index in [9.17, 15) is 4.39 Å². The molecule has 21 heavy (non-hydrogen) atoms. The van der Waals surface area contributed by atoms with Crippen LogP contribution in [0.4, 0.5) is 4.39 Å². The van der Waals surface area contributed by atoms with Gasteiger partial charge in [0, 0.05) is 5.39 Å². The molecule has 0 saturated heterocycles. The molecule has 0 aliphatic carbocycles. The van der Waals surface area contributed by atoms with Gasteiger partial charge in [-0.3, -0.25) is 4.98 Å². The van der Waals surface area contributed by atoms with Crippen molar-refractivity contribution in [1.82, 2.24) is 4.98 Å². The van der Waals surface area contributed by atoms with Crippen molar-refractivity contribution in [2.45, 2.75) is 6.42 Å². The second-order valence-corrected chi connectivity index (χ2v) is 4.73. The molecule has 0 unspecified atom stereocenters. The van der Waals surface area contributed by atoms with Gasteiger partial charge in [0.25, 0.3) is 0 Å². The van der Waals surface area contributed by atoms with Crippen molar-refractivity contribution < 1.29 is 9.13 Å². The smallest absolute Gasteiger partial charge is 0.166 e. The second-order valence-electron chi connectivity index (χ2n) is 4.73. The minimum atomic E-state index is -0.394. The van der Waals surface area contributed by atoms with Crippen LogP contribution in [0.2, 0.25) is 0 Å². The van der Waals surface area contributed by atoms with Crippen LogP contribution in [0, 0.1) is 5.82 Å². The van der Waals surface area contributed by atoms with Crippen molar-refractivity contribution in [1.29, 1.82) is 0 Å². The van der Waals surface area contributed by atoms with Gasteiger partial charge in [-0.25, -0.2) is 4.39 Å². The van der Waals surface area contributed by atoms with Crippen LogP contribution >= 0.6 is 0 Å².